The quantitative estimate of drug-likeness (QED) is 0.543. The summed E-state index contributed by atoms with van der Waals surface area (Å²) in [5.74, 6) is 0.244. The second kappa shape index (κ2) is 8.70. The number of piperidine rings is 2. The van der Waals surface area contributed by atoms with Crippen molar-refractivity contribution >= 4 is 5.91 Å². The van der Waals surface area contributed by atoms with E-state index in [1.165, 1.54) is 6.07 Å². The lowest BCUT2D eigenvalue weighted by Crippen LogP contribution is -2.59. The number of carbonyl (C=O) groups excluding carboxylic acids is 1. The number of hydrogen-bond donors (Lipinski definition) is 0. The van der Waals surface area contributed by atoms with E-state index in [0.29, 0.717) is 23.5 Å². The summed E-state index contributed by atoms with van der Waals surface area (Å²) in [7, 11) is 0. The van der Waals surface area contributed by atoms with Crippen LogP contribution in [0.15, 0.2) is 55.0 Å². The summed E-state index contributed by atoms with van der Waals surface area (Å²) in [5, 5.41) is 0. The number of fused-ring (bicyclic) bond motifs is 3. The second-order valence-electron chi connectivity index (χ2n) is 8.87. The van der Waals surface area contributed by atoms with Crippen molar-refractivity contribution in [3.8, 4) is 17.3 Å². The van der Waals surface area contributed by atoms with Gasteiger partial charge in [0.15, 0.2) is 0 Å². The van der Waals surface area contributed by atoms with Crippen LogP contribution < -0.4 is 4.74 Å². The van der Waals surface area contributed by atoms with Crippen molar-refractivity contribution in [1.82, 2.24) is 19.9 Å². The summed E-state index contributed by atoms with van der Waals surface area (Å²) in [6.07, 6.45) is 1.84. The molecule has 3 atom stereocenters. The number of aromatic nitrogens is 3. The first kappa shape index (κ1) is 22.3. The fourth-order valence-corrected chi connectivity index (χ4v) is 4.86. The number of ether oxygens (including phenoxy) is 1. The topological polar surface area (TPSA) is 68.2 Å². The summed E-state index contributed by atoms with van der Waals surface area (Å²) < 4.78 is 44.6. The molecule has 2 saturated heterocycles. The zero-order valence-corrected chi connectivity index (χ0v) is 18.5. The molecule has 0 N–H and O–H groups in total. The fraction of sp³-hybridized carbons (Fsp3) is 0.360. The maximum absolute atomic E-state index is 13.8. The molecular formula is C25H23F3N4O2. The number of rotatable bonds is 4. The van der Waals surface area contributed by atoms with Gasteiger partial charge in [0, 0.05) is 31.2 Å². The van der Waals surface area contributed by atoms with Gasteiger partial charge in [0.25, 0.3) is 5.91 Å². The minimum Gasteiger partial charge on any atom is -0.472 e. The van der Waals surface area contributed by atoms with Gasteiger partial charge in [0.1, 0.15) is 11.8 Å². The number of nitrogens with zero attached hydrogens (tertiary/aromatic N) is 4. The summed E-state index contributed by atoms with van der Waals surface area (Å²) in [5.41, 5.74) is 1.68. The Kier molecular flexibility index (Phi) is 5.71. The molecule has 1 aliphatic carbocycles. The number of amides is 1. The van der Waals surface area contributed by atoms with Gasteiger partial charge in [-0.15, -0.1) is 0 Å². The minimum absolute atomic E-state index is 0.129. The third-order valence-corrected chi connectivity index (χ3v) is 6.48. The predicted octanol–water partition coefficient (Wildman–Crippen LogP) is 4.94. The molecule has 3 fully saturated rings. The van der Waals surface area contributed by atoms with Crippen LogP contribution in [0.5, 0.6) is 5.88 Å². The van der Waals surface area contributed by atoms with Crippen molar-refractivity contribution in [2.24, 2.45) is 5.92 Å². The first-order valence-electron chi connectivity index (χ1n) is 11.2. The molecule has 1 amide bonds. The van der Waals surface area contributed by atoms with E-state index >= 15 is 0 Å². The standard InChI is InChI=1S/C25H23F3N4O2/c1-15-10-18(23(31-12-15)19-4-2-3-9-29-19)24(33)32-14-16-5-7-20(32)21(11-16)34-22-8-6-17(13-30-22)25(26,27)28/h2-4,6,8-10,12-13,16,20-21H,5,7,11,14H2,1H3/t16-,20-,21+/m0/s1. The first-order valence-corrected chi connectivity index (χ1v) is 11.2. The van der Waals surface area contributed by atoms with Crippen molar-refractivity contribution in [2.75, 3.05) is 6.54 Å². The van der Waals surface area contributed by atoms with Crippen LogP contribution >= 0.6 is 0 Å². The fourth-order valence-electron chi connectivity index (χ4n) is 4.86. The van der Waals surface area contributed by atoms with Gasteiger partial charge >= 0.3 is 6.18 Å². The number of halogens is 3. The average molecular weight is 468 g/mol. The van der Waals surface area contributed by atoms with E-state index in [-0.39, 0.29) is 29.9 Å². The highest BCUT2D eigenvalue weighted by Gasteiger charge is 2.45. The van der Waals surface area contributed by atoms with E-state index < -0.39 is 11.7 Å². The van der Waals surface area contributed by atoms with Crippen molar-refractivity contribution in [1.29, 1.82) is 0 Å². The molecule has 2 aliphatic heterocycles. The second-order valence-corrected chi connectivity index (χ2v) is 8.87. The third-order valence-electron chi connectivity index (χ3n) is 6.48. The molecule has 1 saturated carbocycles. The van der Waals surface area contributed by atoms with Crippen LogP contribution in [0.1, 0.15) is 40.7 Å². The van der Waals surface area contributed by atoms with Gasteiger partial charge in [-0.1, -0.05) is 6.07 Å². The lowest BCUT2D eigenvalue weighted by atomic mass is 9.77. The molecule has 6 rings (SSSR count). The Morgan fingerprint density at radius 2 is 1.94 bits per heavy atom. The minimum atomic E-state index is -4.45. The molecule has 5 heterocycles. The lowest BCUT2D eigenvalue weighted by Gasteiger charge is -2.49. The van der Waals surface area contributed by atoms with Gasteiger partial charge in [0.05, 0.1) is 22.9 Å². The normalized spacial score (nSPS) is 22.0. The molecule has 0 spiro atoms. The highest BCUT2D eigenvalue weighted by Crippen LogP contribution is 2.39. The Morgan fingerprint density at radius 1 is 1.09 bits per heavy atom. The maximum Gasteiger partial charge on any atom is 0.417 e. The molecule has 6 nitrogen and oxygen atoms in total. The largest absolute Gasteiger partial charge is 0.472 e. The smallest absolute Gasteiger partial charge is 0.417 e. The van der Waals surface area contributed by atoms with E-state index in [2.05, 4.69) is 15.0 Å². The van der Waals surface area contributed by atoms with Crippen LogP contribution in [-0.4, -0.2) is 44.4 Å². The zero-order chi connectivity index (χ0) is 23.9. The molecule has 0 unspecified atom stereocenters. The van der Waals surface area contributed by atoms with Gasteiger partial charge in [-0.2, -0.15) is 13.2 Å². The van der Waals surface area contributed by atoms with Crippen molar-refractivity contribution in [3.63, 3.8) is 0 Å². The molecule has 2 bridgehead atoms. The van der Waals surface area contributed by atoms with Crippen LogP contribution in [0.4, 0.5) is 13.2 Å². The summed E-state index contributed by atoms with van der Waals surface area (Å²) >= 11 is 0. The highest BCUT2D eigenvalue weighted by atomic mass is 19.4. The summed E-state index contributed by atoms with van der Waals surface area (Å²) in [4.78, 5) is 28.3. The Balaban J connectivity index is 1.40. The maximum atomic E-state index is 13.8. The number of carbonyl (C=O) groups is 1. The van der Waals surface area contributed by atoms with Crippen LogP contribution in [0.2, 0.25) is 0 Å². The number of hydrogen-bond acceptors (Lipinski definition) is 5. The third kappa shape index (κ3) is 4.34. The van der Waals surface area contributed by atoms with Crippen molar-refractivity contribution < 1.29 is 22.7 Å². The van der Waals surface area contributed by atoms with Gasteiger partial charge < -0.3 is 9.64 Å². The lowest BCUT2D eigenvalue weighted by molar-refractivity contribution is -0.137. The molecule has 3 aliphatic rings. The van der Waals surface area contributed by atoms with Crippen LogP contribution in [-0.2, 0) is 6.18 Å². The van der Waals surface area contributed by atoms with Crippen LogP contribution in [0.25, 0.3) is 11.4 Å². The monoisotopic (exact) mass is 468 g/mol. The van der Waals surface area contributed by atoms with E-state index in [1.54, 1.807) is 18.5 Å². The van der Waals surface area contributed by atoms with Gasteiger partial charge in [0.2, 0.25) is 5.88 Å². The molecule has 9 heteroatoms. The highest BCUT2D eigenvalue weighted by molar-refractivity contribution is 6.00. The molecular weight excluding hydrogens is 445 g/mol. The SMILES string of the molecule is Cc1cnc(-c2ccccn2)c(C(=O)N2C[C@H]3CC[C@H]2[C@H](Oc2ccc(C(F)(F)F)cn2)C3)c1. The van der Waals surface area contributed by atoms with E-state index in [9.17, 15) is 18.0 Å². The Hall–Kier alpha value is -3.49. The van der Waals surface area contributed by atoms with Gasteiger partial charge in [-0.3, -0.25) is 14.8 Å². The number of aryl methyl sites for hydroxylation is 1. The van der Waals surface area contributed by atoms with Gasteiger partial charge in [-0.05, 0) is 61.9 Å². The molecule has 3 aromatic heterocycles. The van der Waals surface area contributed by atoms with E-state index in [4.69, 9.17) is 4.74 Å². The van der Waals surface area contributed by atoms with Crippen LogP contribution in [0, 0.1) is 12.8 Å². The van der Waals surface area contributed by atoms with Crippen molar-refractivity contribution in [3.05, 3.63) is 71.7 Å². The summed E-state index contributed by atoms with van der Waals surface area (Å²) in [6.45, 7) is 2.50. The molecule has 176 valence electrons. The number of pyridine rings is 3. The average Bonchev–Trinajstić information content (AvgIpc) is 2.84. The molecule has 3 aromatic rings. The Morgan fingerprint density at radius 3 is 2.62 bits per heavy atom. The van der Waals surface area contributed by atoms with E-state index in [0.717, 1.165) is 37.1 Å². The zero-order valence-electron chi connectivity index (χ0n) is 18.5. The molecule has 0 radical (unpaired) electrons. The van der Waals surface area contributed by atoms with Gasteiger partial charge in [-0.25, -0.2) is 4.98 Å². The number of alkyl halides is 3. The first-order chi connectivity index (χ1) is 16.3. The van der Waals surface area contributed by atoms with Crippen molar-refractivity contribution in [2.45, 2.75) is 44.5 Å². The Bertz CT molecular complexity index is 1190. The van der Waals surface area contributed by atoms with E-state index in [1.807, 2.05) is 30.0 Å². The molecule has 34 heavy (non-hydrogen) atoms. The summed E-state index contributed by atoms with van der Waals surface area (Å²) in [6, 6.07) is 9.30. The van der Waals surface area contributed by atoms with Crippen LogP contribution in [0.3, 0.4) is 0 Å². The Labute approximate surface area is 194 Å². The predicted molar refractivity (Wildman–Crippen MR) is 118 cm³/mol. The molecule has 0 aromatic carbocycles.